The summed E-state index contributed by atoms with van der Waals surface area (Å²) in [6.07, 6.45) is 0. The topological polar surface area (TPSA) is 80.5 Å². The molecule has 1 atom stereocenters. The number of Topliss-reactive ketones (excluding diaryl/α,β-unsaturated/α-hetero) is 1. The molecule has 0 N–H and O–H groups in total. The molecule has 3 aromatic carbocycles. The molecule has 0 saturated carbocycles. The van der Waals surface area contributed by atoms with Crippen LogP contribution in [0.3, 0.4) is 0 Å². The molecule has 148 valence electrons. The van der Waals surface area contributed by atoms with E-state index in [-0.39, 0.29) is 11.1 Å². The lowest BCUT2D eigenvalue weighted by Crippen LogP contribution is -2.60. The molecule has 30 heavy (non-hydrogen) atoms. The third kappa shape index (κ3) is 2.73. The molecule has 0 bridgehead atoms. The van der Waals surface area contributed by atoms with Gasteiger partial charge in [0.1, 0.15) is 0 Å². The highest BCUT2D eigenvalue weighted by Gasteiger charge is 2.65. The van der Waals surface area contributed by atoms with Gasteiger partial charge in [-0.3, -0.25) is 24.6 Å². The van der Waals surface area contributed by atoms with Crippen molar-refractivity contribution < 1.29 is 14.5 Å². The van der Waals surface area contributed by atoms with E-state index in [9.17, 15) is 19.7 Å². The second kappa shape index (κ2) is 7.40. The lowest BCUT2D eigenvalue weighted by molar-refractivity contribution is -0.542. The smallest absolute Gasteiger partial charge is 0.285 e. The maximum atomic E-state index is 13.9. The Balaban J connectivity index is 2.07. The summed E-state index contributed by atoms with van der Waals surface area (Å²) in [7, 11) is 0. The molecule has 3 aromatic rings. The number of nitro groups is 1. The fourth-order valence-electron chi connectivity index (χ4n) is 3.87. The molecule has 4 rings (SSSR count). The second-order valence-corrected chi connectivity index (χ2v) is 6.98. The summed E-state index contributed by atoms with van der Waals surface area (Å²) in [5.41, 5.74) is -0.909. The number of benzene rings is 3. The van der Waals surface area contributed by atoms with Crippen LogP contribution in [0.15, 0.2) is 96.6 Å². The Morgan fingerprint density at radius 3 is 1.83 bits per heavy atom. The minimum atomic E-state index is -2.54. The van der Waals surface area contributed by atoms with Gasteiger partial charge < -0.3 is 0 Å². The molecule has 1 amide bonds. The zero-order chi connectivity index (χ0) is 21.3. The van der Waals surface area contributed by atoms with Crippen molar-refractivity contribution in [3.63, 3.8) is 0 Å². The molecule has 1 aliphatic rings. The summed E-state index contributed by atoms with van der Waals surface area (Å²) in [5.74, 6) is -1.73. The van der Waals surface area contributed by atoms with Gasteiger partial charge in [0.25, 0.3) is 5.78 Å². The van der Waals surface area contributed by atoms with Crippen LogP contribution in [0.1, 0.15) is 18.1 Å². The van der Waals surface area contributed by atoms with Gasteiger partial charge in [-0.05, 0) is 24.6 Å². The van der Waals surface area contributed by atoms with E-state index in [0.29, 0.717) is 16.9 Å². The molecule has 0 saturated heterocycles. The van der Waals surface area contributed by atoms with Crippen molar-refractivity contribution >= 4 is 23.1 Å². The first-order valence-corrected chi connectivity index (χ1v) is 9.40. The normalized spacial score (nSPS) is 19.2. The molecule has 0 aliphatic carbocycles. The minimum Gasteiger partial charge on any atom is -0.285 e. The van der Waals surface area contributed by atoms with Crippen molar-refractivity contribution in [3.05, 3.63) is 118 Å². The number of ketones is 1. The number of amides is 1. The van der Waals surface area contributed by atoms with Gasteiger partial charge in [-0.25, -0.2) is 0 Å². The van der Waals surface area contributed by atoms with Gasteiger partial charge in [0, 0.05) is 21.7 Å². The Kier molecular flexibility index (Phi) is 4.75. The lowest BCUT2D eigenvalue weighted by Gasteiger charge is -2.37. The number of hydrogen-bond acceptors (Lipinski definition) is 4. The Labute approximate surface area is 173 Å². The standard InChI is InChI=1S/C24H18N2O4/c1-17-21(18-11-5-2-6-12-18)25(20-15-9-4-10-16-20)23(28)24(22(17)27,26(29)30)19-13-7-3-8-14-19/h2-16H,1H3. The lowest BCUT2D eigenvalue weighted by atomic mass is 9.77. The SMILES string of the molecule is CC1=C(c2ccccc2)N(c2ccccc2)C(=O)C(c2ccccc2)([N+](=O)[O-])C1=O. The number of carbonyl (C=O) groups excluding carboxylic acids is 2. The number of anilines is 1. The van der Waals surface area contributed by atoms with Crippen LogP contribution in [0.5, 0.6) is 0 Å². The molecule has 1 unspecified atom stereocenters. The fraction of sp³-hybridized carbons (Fsp3) is 0.0833. The number of para-hydroxylation sites is 1. The summed E-state index contributed by atoms with van der Waals surface area (Å²) in [6, 6.07) is 25.4. The Morgan fingerprint density at radius 2 is 1.30 bits per heavy atom. The zero-order valence-electron chi connectivity index (χ0n) is 16.2. The van der Waals surface area contributed by atoms with E-state index in [0.717, 1.165) is 0 Å². The molecule has 0 aromatic heterocycles. The van der Waals surface area contributed by atoms with Crippen molar-refractivity contribution in [2.45, 2.75) is 12.5 Å². The molecule has 0 fully saturated rings. The summed E-state index contributed by atoms with van der Waals surface area (Å²) in [4.78, 5) is 40.3. The average molecular weight is 398 g/mol. The Hall–Kier alpha value is -4.06. The number of rotatable bonds is 4. The van der Waals surface area contributed by atoms with E-state index < -0.39 is 22.2 Å². The van der Waals surface area contributed by atoms with Gasteiger partial charge in [-0.15, -0.1) is 0 Å². The Morgan fingerprint density at radius 1 is 0.800 bits per heavy atom. The largest absolute Gasteiger partial charge is 0.385 e. The Bertz CT molecular complexity index is 1160. The van der Waals surface area contributed by atoms with Gasteiger partial charge >= 0.3 is 11.4 Å². The van der Waals surface area contributed by atoms with Gasteiger partial charge in [0.2, 0.25) is 0 Å². The van der Waals surface area contributed by atoms with Gasteiger partial charge in [0.15, 0.2) is 0 Å². The molecule has 6 heteroatoms. The van der Waals surface area contributed by atoms with Crippen molar-refractivity contribution in [2.24, 2.45) is 0 Å². The molecular formula is C24H18N2O4. The van der Waals surface area contributed by atoms with E-state index in [1.807, 2.05) is 6.07 Å². The predicted octanol–water partition coefficient (Wildman–Crippen LogP) is 4.21. The van der Waals surface area contributed by atoms with Crippen LogP contribution >= 0.6 is 0 Å². The highest BCUT2D eigenvalue weighted by Crippen LogP contribution is 2.42. The van der Waals surface area contributed by atoms with Gasteiger partial charge in [-0.2, -0.15) is 0 Å². The predicted molar refractivity (Wildman–Crippen MR) is 113 cm³/mol. The summed E-state index contributed by atoms with van der Waals surface area (Å²) in [5, 5.41) is 12.4. The zero-order valence-corrected chi connectivity index (χ0v) is 16.2. The average Bonchev–Trinajstić information content (AvgIpc) is 2.78. The monoisotopic (exact) mass is 398 g/mol. The molecule has 6 nitrogen and oxygen atoms in total. The first-order chi connectivity index (χ1) is 14.5. The summed E-state index contributed by atoms with van der Waals surface area (Å²) >= 11 is 0. The first kappa shape index (κ1) is 19.3. The van der Waals surface area contributed by atoms with Crippen LogP contribution in [-0.2, 0) is 15.1 Å². The highest BCUT2D eigenvalue weighted by molar-refractivity contribution is 6.30. The maximum absolute atomic E-state index is 13.9. The third-order valence-electron chi connectivity index (χ3n) is 5.29. The molecule has 1 heterocycles. The van der Waals surface area contributed by atoms with Gasteiger partial charge in [-0.1, -0.05) is 78.9 Å². The van der Waals surface area contributed by atoms with Crippen LogP contribution < -0.4 is 4.90 Å². The molecular weight excluding hydrogens is 380 g/mol. The van der Waals surface area contributed by atoms with Gasteiger partial charge in [0.05, 0.1) is 5.70 Å². The van der Waals surface area contributed by atoms with E-state index >= 15 is 0 Å². The van der Waals surface area contributed by atoms with E-state index in [4.69, 9.17) is 0 Å². The minimum absolute atomic E-state index is 0.0393. The van der Waals surface area contributed by atoms with Crippen LogP contribution in [-0.4, -0.2) is 16.6 Å². The summed E-state index contributed by atoms with van der Waals surface area (Å²) < 4.78 is 0. The third-order valence-corrected chi connectivity index (χ3v) is 5.29. The van der Waals surface area contributed by atoms with E-state index in [2.05, 4.69) is 0 Å². The quantitative estimate of drug-likeness (QED) is 0.375. The molecule has 1 aliphatic heterocycles. The van der Waals surface area contributed by atoms with Crippen LogP contribution in [0, 0.1) is 10.1 Å². The fourth-order valence-corrected chi connectivity index (χ4v) is 3.87. The summed E-state index contributed by atoms with van der Waals surface area (Å²) in [6.45, 7) is 1.54. The van der Waals surface area contributed by atoms with Crippen molar-refractivity contribution in [3.8, 4) is 0 Å². The first-order valence-electron chi connectivity index (χ1n) is 9.40. The van der Waals surface area contributed by atoms with Crippen LogP contribution in [0.25, 0.3) is 5.70 Å². The van der Waals surface area contributed by atoms with Crippen molar-refractivity contribution in [1.29, 1.82) is 0 Å². The molecule has 0 spiro atoms. The number of nitrogens with zero attached hydrogens (tertiary/aromatic N) is 2. The van der Waals surface area contributed by atoms with Crippen LogP contribution in [0.2, 0.25) is 0 Å². The maximum Gasteiger partial charge on any atom is 0.385 e. The number of carbonyl (C=O) groups is 2. The van der Waals surface area contributed by atoms with Crippen molar-refractivity contribution in [2.75, 3.05) is 4.90 Å². The van der Waals surface area contributed by atoms with E-state index in [1.54, 1.807) is 72.8 Å². The van der Waals surface area contributed by atoms with Crippen LogP contribution in [0.4, 0.5) is 5.69 Å². The highest BCUT2D eigenvalue weighted by atomic mass is 16.6. The van der Waals surface area contributed by atoms with E-state index in [1.165, 1.54) is 24.0 Å². The second-order valence-electron chi connectivity index (χ2n) is 6.98. The number of hydrogen-bond donors (Lipinski definition) is 0. The molecule has 0 radical (unpaired) electrons. The van der Waals surface area contributed by atoms with Crippen molar-refractivity contribution in [1.82, 2.24) is 0 Å².